The summed E-state index contributed by atoms with van der Waals surface area (Å²) in [6.07, 6.45) is 3.75. The van der Waals surface area contributed by atoms with Gasteiger partial charge in [0.1, 0.15) is 10.5 Å². The van der Waals surface area contributed by atoms with E-state index in [-0.39, 0.29) is 22.0 Å². The van der Waals surface area contributed by atoms with Crippen molar-refractivity contribution in [1.29, 1.82) is 0 Å². The molecule has 150 valence electrons. The maximum atomic E-state index is 13.3. The molecule has 4 N–H and O–H groups in total. The fraction of sp³-hybridized carbons (Fsp3) is 0.211. The van der Waals surface area contributed by atoms with E-state index < -0.39 is 16.3 Å². The maximum Gasteiger partial charge on any atom is 0.286 e. The lowest BCUT2D eigenvalue weighted by atomic mass is 10.2. The summed E-state index contributed by atoms with van der Waals surface area (Å²) in [7, 11) is -3.51. The lowest BCUT2D eigenvalue weighted by Gasteiger charge is -2.34. The van der Waals surface area contributed by atoms with Crippen molar-refractivity contribution in [3.8, 4) is 5.75 Å². The second-order valence-corrected chi connectivity index (χ2v) is 9.50. The molecule has 0 saturated heterocycles. The fourth-order valence-corrected chi connectivity index (χ4v) is 5.64. The Labute approximate surface area is 171 Å². The zero-order chi connectivity index (χ0) is 20.2. The molecule has 8 nitrogen and oxygen atoms in total. The molecule has 0 atom stereocenters. The van der Waals surface area contributed by atoms with Crippen LogP contribution in [0.15, 0.2) is 54.9 Å². The Hall–Kier alpha value is -2.66. The Morgan fingerprint density at radius 2 is 1.93 bits per heavy atom. The molecule has 0 unspecified atom stereocenters. The first-order valence-electron chi connectivity index (χ1n) is 9.12. The maximum absolute atomic E-state index is 13.3. The Morgan fingerprint density at radius 3 is 2.72 bits per heavy atom. The number of fused-ring (bicyclic) bond motifs is 2. The van der Waals surface area contributed by atoms with Crippen LogP contribution in [-0.2, 0) is 0 Å². The number of thiophene rings is 1. The molecule has 1 aliphatic carbocycles. The Morgan fingerprint density at radius 1 is 1.17 bits per heavy atom. The van der Waals surface area contributed by atoms with Crippen molar-refractivity contribution in [1.82, 2.24) is 4.68 Å². The Bertz CT molecular complexity index is 1250. The van der Waals surface area contributed by atoms with Gasteiger partial charge in [-0.3, -0.25) is 13.9 Å². The number of benzene rings is 1. The minimum atomic E-state index is -3.51. The van der Waals surface area contributed by atoms with Crippen LogP contribution in [0.3, 0.4) is 0 Å². The van der Waals surface area contributed by atoms with Crippen LogP contribution in [-0.4, -0.2) is 30.4 Å². The van der Waals surface area contributed by atoms with Crippen molar-refractivity contribution in [3.05, 3.63) is 51.6 Å². The lowest BCUT2D eigenvalue weighted by molar-refractivity contribution is 0.478. The van der Waals surface area contributed by atoms with Gasteiger partial charge < -0.3 is 10.4 Å². The van der Waals surface area contributed by atoms with Crippen molar-refractivity contribution in [2.24, 2.45) is 9.50 Å². The van der Waals surface area contributed by atoms with E-state index in [9.17, 15) is 19.0 Å². The van der Waals surface area contributed by atoms with Crippen LogP contribution in [0.2, 0.25) is 0 Å². The van der Waals surface area contributed by atoms with Crippen LogP contribution in [0.4, 0.5) is 5.69 Å². The molecule has 5 rings (SSSR count). The van der Waals surface area contributed by atoms with Gasteiger partial charge in [0.25, 0.3) is 5.56 Å². The number of nitrogens with one attached hydrogen (secondary N) is 1. The zero-order valence-electron chi connectivity index (χ0n) is 15.2. The van der Waals surface area contributed by atoms with Crippen molar-refractivity contribution in [3.63, 3.8) is 0 Å². The molecule has 1 aromatic carbocycles. The fourth-order valence-electron chi connectivity index (χ4n) is 3.66. The summed E-state index contributed by atoms with van der Waals surface area (Å²) in [4.78, 5) is 13.6. The molecule has 10 heteroatoms. The molecule has 0 spiro atoms. The highest BCUT2D eigenvalue weighted by atomic mass is 32.3. The van der Waals surface area contributed by atoms with Crippen molar-refractivity contribution in [2.75, 3.05) is 5.32 Å². The molecule has 2 aliphatic rings. The Kier molecular flexibility index (Phi) is 4.24. The van der Waals surface area contributed by atoms with Gasteiger partial charge in [0.15, 0.2) is 11.6 Å². The van der Waals surface area contributed by atoms with Crippen molar-refractivity contribution < 1.29 is 14.2 Å². The summed E-state index contributed by atoms with van der Waals surface area (Å²) >= 11 is 1.28. The first-order valence-corrected chi connectivity index (χ1v) is 11.5. The van der Waals surface area contributed by atoms with Gasteiger partial charge in [-0.25, -0.2) is 0 Å². The summed E-state index contributed by atoms with van der Waals surface area (Å²) in [5, 5.41) is 20.1. The lowest BCUT2D eigenvalue weighted by Crippen LogP contribution is -2.31. The molecule has 3 heterocycles. The molecule has 0 amide bonds. The van der Waals surface area contributed by atoms with Crippen LogP contribution < -0.4 is 10.9 Å². The first kappa shape index (κ1) is 18.4. The second kappa shape index (κ2) is 6.70. The number of nitrogens with zero attached hydrogens (tertiary/aromatic N) is 3. The molecule has 3 aromatic rings. The number of pyridine rings is 1. The van der Waals surface area contributed by atoms with Gasteiger partial charge >= 0.3 is 0 Å². The standard InChI is InChI=1S/C19H18N4O4S2/c24-16-15(18-20-12-7-3-4-8-14(12)29(26,27)22-18)19(25)23(13-9-10-28-17(13)16)21-11-5-1-2-6-11/h3-4,7-10,24,26-27H,1-2,5-6H2,(H,20,22). The van der Waals surface area contributed by atoms with Gasteiger partial charge in [-0.05, 0) is 49.3 Å². The number of aromatic nitrogens is 1. The van der Waals surface area contributed by atoms with Crippen LogP contribution in [0.25, 0.3) is 10.2 Å². The molecular weight excluding hydrogens is 412 g/mol. The first-order chi connectivity index (χ1) is 14.0. The highest BCUT2D eigenvalue weighted by Gasteiger charge is 2.30. The van der Waals surface area contributed by atoms with E-state index >= 15 is 0 Å². The van der Waals surface area contributed by atoms with Crippen LogP contribution in [0.5, 0.6) is 5.75 Å². The topological polar surface area (TPSA) is 119 Å². The second-order valence-electron chi connectivity index (χ2n) is 6.93. The number of rotatable bonds is 2. The molecule has 0 radical (unpaired) electrons. The van der Waals surface area contributed by atoms with Crippen molar-refractivity contribution in [2.45, 2.75) is 30.6 Å². The van der Waals surface area contributed by atoms with Crippen LogP contribution in [0.1, 0.15) is 31.2 Å². The third kappa shape index (κ3) is 2.96. The van der Waals surface area contributed by atoms with Crippen molar-refractivity contribution >= 4 is 49.6 Å². The monoisotopic (exact) mass is 430 g/mol. The van der Waals surface area contributed by atoms with E-state index in [1.165, 1.54) is 16.0 Å². The molecule has 2 aromatic heterocycles. The summed E-state index contributed by atoms with van der Waals surface area (Å²) in [6.45, 7) is 0. The van der Waals surface area contributed by atoms with E-state index in [0.29, 0.717) is 15.9 Å². The third-order valence-corrected chi connectivity index (χ3v) is 7.34. The molecule has 1 fully saturated rings. The average molecular weight is 431 g/mol. The van der Waals surface area contributed by atoms with E-state index in [2.05, 4.69) is 14.8 Å². The average Bonchev–Trinajstić information content (AvgIpc) is 3.37. The quantitative estimate of drug-likeness (QED) is 0.479. The van der Waals surface area contributed by atoms with E-state index in [0.717, 1.165) is 31.4 Å². The van der Waals surface area contributed by atoms with E-state index in [1.807, 2.05) is 0 Å². The molecular formula is C19H18N4O4S2. The summed E-state index contributed by atoms with van der Waals surface area (Å²) in [5.41, 5.74) is 1.19. The summed E-state index contributed by atoms with van der Waals surface area (Å²) in [5.74, 6) is -0.328. The van der Waals surface area contributed by atoms with Crippen LogP contribution >= 0.6 is 22.1 Å². The number of aromatic hydroxyl groups is 1. The van der Waals surface area contributed by atoms with Crippen LogP contribution in [0, 0.1) is 0 Å². The SMILES string of the molecule is O=c1c(C2=NS(O)(O)c3ccccc3N2)c(O)c2sccc2n1N=C1CCCC1. The van der Waals surface area contributed by atoms with Gasteiger partial charge in [0, 0.05) is 5.71 Å². The predicted octanol–water partition coefficient (Wildman–Crippen LogP) is 4.44. The number of anilines is 1. The van der Waals surface area contributed by atoms with Gasteiger partial charge in [0.05, 0.1) is 15.9 Å². The Balaban J connectivity index is 1.75. The zero-order valence-corrected chi connectivity index (χ0v) is 16.8. The number of amidine groups is 1. The smallest absolute Gasteiger partial charge is 0.286 e. The number of hydrogen-bond acceptors (Lipinski definition) is 8. The highest BCUT2D eigenvalue weighted by molar-refractivity contribution is 8.23. The van der Waals surface area contributed by atoms with Gasteiger partial charge in [0.2, 0.25) is 0 Å². The summed E-state index contributed by atoms with van der Waals surface area (Å²) in [6, 6.07) is 8.37. The normalized spacial score (nSPS) is 18.8. The third-order valence-electron chi connectivity index (χ3n) is 5.04. The van der Waals surface area contributed by atoms with Gasteiger partial charge in [-0.15, -0.1) is 15.7 Å². The molecule has 1 saturated carbocycles. The van der Waals surface area contributed by atoms with E-state index in [1.54, 1.807) is 35.7 Å². The molecule has 0 bridgehead atoms. The predicted molar refractivity (Wildman–Crippen MR) is 117 cm³/mol. The van der Waals surface area contributed by atoms with Gasteiger partial charge in [-0.1, -0.05) is 22.9 Å². The number of para-hydroxylation sites is 1. The van der Waals surface area contributed by atoms with E-state index in [4.69, 9.17) is 0 Å². The minimum Gasteiger partial charge on any atom is -0.505 e. The summed E-state index contributed by atoms with van der Waals surface area (Å²) < 4.78 is 26.8. The highest BCUT2D eigenvalue weighted by Crippen LogP contribution is 2.55. The number of hydrogen-bond donors (Lipinski definition) is 4. The van der Waals surface area contributed by atoms with Gasteiger partial charge in [-0.2, -0.15) is 9.78 Å². The molecule has 1 aliphatic heterocycles. The molecule has 29 heavy (non-hydrogen) atoms. The minimum absolute atomic E-state index is 0.0816. The largest absolute Gasteiger partial charge is 0.505 e.